The molecule has 1 aromatic carbocycles. The van der Waals surface area contributed by atoms with E-state index >= 15 is 0 Å². The lowest BCUT2D eigenvalue weighted by Gasteiger charge is -2.14. The Labute approximate surface area is 94.4 Å². The zero-order valence-corrected chi connectivity index (χ0v) is 11.3. The monoisotopic (exact) mass is 224 g/mol. The van der Waals surface area contributed by atoms with Crippen molar-refractivity contribution in [3.05, 3.63) is 18.2 Å². The van der Waals surface area contributed by atoms with E-state index in [9.17, 15) is 0 Å². The van der Waals surface area contributed by atoms with Crippen molar-refractivity contribution in [3.63, 3.8) is 0 Å². The van der Waals surface area contributed by atoms with Crippen molar-refractivity contribution in [2.24, 2.45) is 0 Å². The number of rotatable bonds is 6. The molecule has 0 atom stereocenters. The number of hydrogen-bond acceptors (Lipinski definition) is 2. The second-order valence-electron chi connectivity index (χ2n) is 3.36. The third-order valence-electron chi connectivity index (χ3n) is 2.17. The number of para-hydroxylation sites is 1. The van der Waals surface area contributed by atoms with E-state index < -0.39 is 0 Å². The Balaban J connectivity index is 2.97. The summed E-state index contributed by atoms with van der Waals surface area (Å²) in [6, 6.07) is 7.48. The highest BCUT2D eigenvalue weighted by molar-refractivity contribution is 6.54. The Morgan fingerprint density at radius 3 is 2.40 bits per heavy atom. The fourth-order valence-corrected chi connectivity index (χ4v) is 2.95. The molecule has 0 saturated heterocycles. The highest BCUT2D eigenvalue weighted by Gasteiger charge is 2.09. The molecule has 0 aliphatic carbocycles. The summed E-state index contributed by atoms with van der Waals surface area (Å²) in [6.45, 7) is 7.64. The second kappa shape index (κ2) is 6.51. The third-order valence-corrected chi connectivity index (χ3v) is 3.76. The predicted molar refractivity (Wildman–Crippen MR) is 67.4 cm³/mol. The number of hydrogen-bond donors (Lipinski definition) is 0. The highest BCUT2D eigenvalue weighted by Crippen LogP contribution is 2.24. The van der Waals surface area contributed by atoms with Crippen LogP contribution in [0, 0.1) is 0 Å². The molecule has 0 heterocycles. The van der Waals surface area contributed by atoms with Crippen LogP contribution in [0.1, 0.15) is 20.8 Å². The van der Waals surface area contributed by atoms with Crippen molar-refractivity contribution in [1.82, 2.24) is 0 Å². The largest absolute Gasteiger partial charge is 0.490 e. The van der Waals surface area contributed by atoms with Gasteiger partial charge in [-0.2, -0.15) is 0 Å². The first kappa shape index (κ1) is 12.1. The molecule has 0 aromatic heterocycles. The maximum atomic E-state index is 5.68. The zero-order valence-electron chi connectivity index (χ0n) is 9.88. The van der Waals surface area contributed by atoms with Gasteiger partial charge in [-0.3, -0.25) is 0 Å². The van der Waals surface area contributed by atoms with Gasteiger partial charge in [0, 0.05) is 0 Å². The van der Waals surface area contributed by atoms with Gasteiger partial charge in [0.1, 0.15) is 0 Å². The first-order chi connectivity index (χ1) is 7.33. The fraction of sp³-hybridized carbons (Fsp3) is 0.500. The molecule has 84 valence electrons. The summed E-state index contributed by atoms with van der Waals surface area (Å²) in [5.74, 6) is 1.88. The van der Waals surface area contributed by atoms with Crippen molar-refractivity contribution in [2.45, 2.75) is 26.8 Å². The van der Waals surface area contributed by atoms with E-state index in [0.29, 0.717) is 13.2 Å². The summed E-state index contributed by atoms with van der Waals surface area (Å²) in [7, 11) is -0.194. The molecule has 3 heteroatoms. The van der Waals surface area contributed by atoms with Gasteiger partial charge in [0.25, 0.3) is 0 Å². The summed E-state index contributed by atoms with van der Waals surface area (Å²) in [6.07, 6.45) is 0. The zero-order chi connectivity index (χ0) is 11.1. The minimum Gasteiger partial charge on any atom is -0.490 e. The van der Waals surface area contributed by atoms with E-state index in [2.05, 4.69) is 19.1 Å². The van der Waals surface area contributed by atoms with Gasteiger partial charge >= 0.3 is 0 Å². The van der Waals surface area contributed by atoms with E-state index in [1.54, 1.807) is 0 Å². The smallest absolute Gasteiger partial charge is 0.160 e. The quantitative estimate of drug-likeness (QED) is 0.685. The molecule has 0 saturated carbocycles. The second-order valence-corrected chi connectivity index (χ2v) is 5.62. The molecule has 0 aliphatic rings. The lowest BCUT2D eigenvalue weighted by molar-refractivity contribution is 0.289. The molecule has 0 N–H and O–H groups in total. The molecule has 0 fully saturated rings. The van der Waals surface area contributed by atoms with Crippen molar-refractivity contribution in [2.75, 3.05) is 13.2 Å². The summed E-state index contributed by atoms with van der Waals surface area (Å²) >= 11 is 0. The van der Waals surface area contributed by atoms with Crippen LogP contribution in [0.2, 0.25) is 6.04 Å². The van der Waals surface area contributed by atoms with E-state index in [0.717, 1.165) is 11.5 Å². The van der Waals surface area contributed by atoms with Gasteiger partial charge in [-0.05, 0) is 25.1 Å². The Bertz CT molecular complexity index is 275. The van der Waals surface area contributed by atoms with Crippen LogP contribution in [0.4, 0.5) is 0 Å². The maximum Gasteiger partial charge on any atom is 0.160 e. The third kappa shape index (κ3) is 3.27. The van der Waals surface area contributed by atoms with Crippen LogP contribution in [-0.2, 0) is 0 Å². The van der Waals surface area contributed by atoms with Gasteiger partial charge in [0.05, 0.1) is 22.7 Å². The van der Waals surface area contributed by atoms with Gasteiger partial charge in [0.2, 0.25) is 0 Å². The number of benzene rings is 1. The first-order valence-electron chi connectivity index (χ1n) is 5.70. The molecule has 0 unspecified atom stereocenters. The minimum atomic E-state index is -0.194. The summed E-state index contributed by atoms with van der Waals surface area (Å²) < 4.78 is 11.3. The van der Waals surface area contributed by atoms with E-state index in [-0.39, 0.29) is 9.52 Å². The van der Waals surface area contributed by atoms with Crippen molar-refractivity contribution < 1.29 is 9.47 Å². The van der Waals surface area contributed by atoms with Crippen LogP contribution in [0.25, 0.3) is 0 Å². The molecule has 0 aliphatic heterocycles. The Morgan fingerprint density at radius 2 is 1.80 bits per heavy atom. The standard InChI is InChI=1S/C12H20O2Si/c1-4-13-10-8-7-9-11(15-6-3)12(10)14-5-2/h7-9H,4-6,15H2,1-3H3. The van der Waals surface area contributed by atoms with Gasteiger partial charge in [0.15, 0.2) is 11.5 Å². The van der Waals surface area contributed by atoms with E-state index in [1.807, 2.05) is 19.9 Å². The molecule has 1 aromatic rings. The molecule has 0 bridgehead atoms. The number of ether oxygens (including phenoxy) is 2. The molecule has 0 amide bonds. The van der Waals surface area contributed by atoms with Gasteiger partial charge < -0.3 is 9.47 Å². The van der Waals surface area contributed by atoms with Gasteiger partial charge in [-0.25, -0.2) is 0 Å². The van der Waals surface area contributed by atoms with E-state index in [4.69, 9.17) is 9.47 Å². The van der Waals surface area contributed by atoms with Crippen molar-refractivity contribution in [3.8, 4) is 11.5 Å². The molecular formula is C12H20O2Si. The predicted octanol–water partition coefficient (Wildman–Crippen LogP) is 1.72. The van der Waals surface area contributed by atoms with Gasteiger partial charge in [-0.15, -0.1) is 0 Å². The maximum absolute atomic E-state index is 5.68. The fourth-order valence-electron chi connectivity index (χ4n) is 1.60. The lowest BCUT2D eigenvalue weighted by Crippen LogP contribution is -2.17. The minimum absolute atomic E-state index is 0.194. The van der Waals surface area contributed by atoms with Gasteiger partial charge in [-0.1, -0.05) is 25.1 Å². The van der Waals surface area contributed by atoms with Crippen molar-refractivity contribution in [1.29, 1.82) is 0 Å². The summed E-state index contributed by atoms with van der Waals surface area (Å²) in [5, 5.41) is 1.38. The average molecular weight is 224 g/mol. The summed E-state index contributed by atoms with van der Waals surface area (Å²) in [4.78, 5) is 0. The molecule has 1 rings (SSSR count). The average Bonchev–Trinajstić information content (AvgIpc) is 2.23. The van der Waals surface area contributed by atoms with Crippen LogP contribution in [-0.4, -0.2) is 22.7 Å². The summed E-state index contributed by atoms with van der Waals surface area (Å²) in [5.41, 5.74) is 0. The molecule has 15 heavy (non-hydrogen) atoms. The van der Waals surface area contributed by atoms with Crippen LogP contribution < -0.4 is 14.7 Å². The normalized spacial score (nSPS) is 10.9. The highest BCUT2D eigenvalue weighted by atomic mass is 28.2. The van der Waals surface area contributed by atoms with Crippen LogP contribution in [0.15, 0.2) is 18.2 Å². The molecule has 0 radical (unpaired) electrons. The molecular weight excluding hydrogens is 204 g/mol. The molecule has 2 nitrogen and oxygen atoms in total. The Kier molecular flexibility index (Phi) is 5.25. The topological polar surface area (TPSA) is 18.5 Å². The van der Waals surface area contributed by atoms with Crippen LogP contribution in [0.5, 0.6) is 11.5 Å². The van der Waals surface area contributed by atoms with E-state index in [1.165, 1.54) is 11.2 Å². The lowest BCUT2D eigenvalue weighted by atomic mass is 10.3. The first-order valence-corrected chi connectivity index (χ1v) is 7.41. The van der Waals surface area contributed by atoms with Crippen molar-refractivity contribution >= 4 is 14.7 Å². The Hall–Kier alpha value is -0.963. The SMILES string of the molecule is CCOc1cccc([SiH2]CC)c1OCC. The van der Waals surface area contributed by atoms with Crippen LogP contribution in [0.3, 0.4) is 0 Å². The van der Waals surface area contributed by atoms with Crippen LogP contribution >= 0.6 is 0 Å². The molecule has 0 spiro atoms. The Morgan fingerprint density at radius 1 is 1.07 bits per heavy atom.